The van der Waals surface area contributed by atoms with Crippen LogP contribution in [0.3, 0.4) is 0 Å². The van der Waals surface area contributed by atoms with Gasteiger partial charge in [0.05, 0.1) is 12.3 Å². The molecule has 8 nitrogen and oxygen atoms in total. The number of piperidine rings is 1. The summed E-state index contributed by atoms with van der Waals surface area (Å²) in [5, 5.41) is 6.66. The van der Waals surface area contributed by atoms with Crippen molar-refractivity contribution in [2.24, 2.45) is 0 Å². The second-order valence-corrected chi connectivity index (χ2v) is 8.66. The number of H-pyrrole nitrogens is 1. The Labute approximate surface area is 198 Å². The molecule has 1 atom stereocenters. The van der Waals surface area contributed by atoms with Gasteiger partial charge in [0, 0.05) is 49.3 Å². The Balaban J connectivity index is 1.29. The standard InChI is InChI=1S/C26H29N5O3/c1-33-14-15-34-22-9-7-19(8-10-22)17-30-13-3-5-21(18-30)25-28-26(32)31(29-25)24-6-2-4-20-16-27-12-11-23(20)24/h2,4,6-12,16,21H,3,5,13-15,17-18H2,1H3,(H,28,29,32). The number of likely N-dealkylation sites (tertiary alicyclic amines) is 1. The molecule has 34 heavy (non-hydrogen) atoms. The van der Waals surface area contributed by atoms with Crippen LogP contribution in [-0.4, -0.2) is 58.1 Å². The molecule has 0 radical (unpaired) electrons. The molecular weight excluding hydrogens is 430 g/mol. The highest BCUT2D eigenvalue weighted by Gasteiger charge is 2.25. The summed E-state index contributed by atoms with van der Waals surface area (Å²) in [5.41, 5.74) is 1.80. The zero-order valence-corrected chi connectivity index (χ0v) is 19.3. The first kappa shape index (κ1) is 22.3. The first-order valence-electron chi connectivity index (χ1n) is 11.7. The molecule has 0 aliphatic carbocycles. The molecule has 4 aromatic rings. The van der Waals surface area contributed by atoms with Crippen molar-refractivity contribution in [1.82, 2.24) is 24.6 Å². The van der Waals surface area contributed by atoms with Crippen molar-refractivity contribution in [2.45, 2.75) is 25.3 Å². The summed E-state index contributed by atoms with van der Waals surface area (Å²) in [4.78, 5) is 22.4. The summed E-state index contributed by atoms with van der Waals surface area (Å²) in [7, 11) is 1.67. The molecular formula is C26H29N5O3. The molecule has 5 rings (SSSR count). The first-order chi connectivity index (χ1) is 16.7. The molecule has 0 spiro atoms. The normalized spacial score (nSPS) is 16.7. The first-order valence-corrected chi connectivity index (χ1v) is 11.7. The van der Waals surface area contributed by atoms with Gasteiger partial charge in [-0.15, -0.1) is 5.10 Å². The summed E-state index contributed by atoms with van der Waals surface area (Å²) >= 11 is 0. The van der Waals surface area contributed by atoms with Crippen LogP contribution in [0, 0.1) is 0 Å². The van der Waals surface area contributed by atoms with Crippen molar-refractivity contribution in [3.63, 3.8) is 0 Å². The predicted octanol–water partition coefficient (Wildman–Crippen LogP) is 3.51. The van der Waals surface area contributed by atoms with E-state index in [0.29, 0.717) is 13.2 Å². The van der Waals surface area contributed by atoms with Gasteiger partial charge < -0.3 is 9.47 Å². The van der Waals surface area contributed by atoms with E-state index in [1.54, 1.807) is 19.5 Å². The lowest BCUT2D eigenvalue weighted by atomic mass is 9.97. The molecule has 1 aliphatic heterocycles. The predicted molar refractivity (Wildman–Crippen MR) is 131 cm³/mol. The fraction of sp³-hybridized carbons (Fsp3) is 0.346. The summed E-state index contributed by atoms with van der Waals surface area (Å²) < 4.78 is 12.2. The maximum absolute atomic E-state index is 12.8. The highest BCUT2D eigenvalue weighted by Crippen LogP contribution is 2.26. The largest absolute Gasteiger partial charge is 0.491 e. The zero-order valence-electron chi connectivity index (χ0n) is 19.3. The Bertz CT molecular complexity index is 1290. The summed E-state index contributed by atoms with van der Waals surface area (Å²) in [5.74, 6) is 1.79. The van der Waals surface area contributed by atoms with Crippen LogP contribution in [0.15, 0.2) is 65.7 Å². The molecule has 3 heterocycles. The van der Waals surface area contributed by atoms with Crippen molar-refractivity contribution in [3.05, 3.63) is 82.8 Å². The minimum absolute atomic E-state index is 0.191. The summed E-state index contributed by atoms with van der Waals surface area (Å²) in [6.45, 7) is 3.87. The minimum atomic E-state index is -0.208. The molecule has 1 fully saturated rings. The summed E-state index contributed by atoms with van der Waals surface area (Å²) in [6.07, 6.45) is 5.61. The van der Waals surface area contributed by atoms with E-state index in [9.17, 15) is 4.79 Å². The van der Waals surface area contributed by atoms with E-state index in [-0.39, 0.29) is 11.6 Å². The number of hydrogen-bond acceptors (Lipinski definition) is 6. The van der Waals surface area contributed by atoms with Crippen molar-refractivity contribution in [3.8, 4) is 11.4 Å². The molecule has 1 aliphatic rings. The van der Waals surface area contributed by atoms with Crippen LogP contribution >= 0.6 is 0 Å². The van der Waals surface area contributed by atoms with Crippen molar-refractivity contribution >= 4 is 10.8 Å². The average Bonchev–Trinajstić information content (AvgIpc) is 3.26. The van der Waals surface area contributed by atoms with Gasteiger partial charge in [-0.25, -0.2) is 4.79 Å². The van der Waals surface area contributed by atoms with Gasteiger partial charge in [0.2, 0.25) is 0 Å². The van der Waals surface area contributed by atoms with Gasteiger partial charge in [-0.05, 0) is 49.2 Å². The van der Waals surface area contributed by atoms with Crippen LogP contribution in [0.25, 0.3) is 16.5 Å². The van der Waals surface area contributed by atoms with E-state index in [4.69, 9.17) is 14.6 Å². The zero-order chi connectivity index (χ0) is 23.3. The second-order valence-electron chi connectivity index (χ2n) is 8.66. The van der Waals surface area contributed by atoms with E-state index in [1.165, 1.54) is 10.2 Å². The molecule has 0 amide bonds. The molecule has 1 unspecified atom stereocenters. The molecule has 1 saturated heterocycles. The van der Waals surface area contributed by atoms with Crippen molar-refractivity contribution < 1.29 is 9.47 Å². The van der Waals surface area contributed by atoms with Crippen LogP contribution in [0.1, 0.15) is 30.1 Å². The third-order valence-electron chi connectivity index (χ3n) is 6.30. The topological polar surface area (TPSA) is 85.3 Å². The lowest BCUT2D eigenvalue weighted by Gasteiger charge is -2.31. The molecule has 176 valence electrons. The second kappa shape index (κ2) is 10.2. The molecule has 0 saturated carbocycles. The third-order valence-corrected chi connectivity index (χ3v) is 6.30. The molecule has 2 aromatic heterocycles. The van der Waals surface area contributed by atoms with Gasteiger partial charge in [0.15, 0.2) is 0 Å². The fourth-order valence-corrected chi connectivity index (χ4v) is 4.59. The van der Waals surface area contributed by atoms with Gasteiger partial charge in [0.25, 0.3) is 0 Å². The number of hydrogen-bond donors (Lipinski definition) is 1. The number of aromatic nitrogens is 4. The number of nitrogens with one attached hydrogen (secondary N) is 1. The van der Waals surface area contributed by atoms with E-state index >= 15 is 0 Å². The molecule has 2 aromatic carbocycles. The van der Waals surface area contributed by atoms with Gasteiger partial charge in [-0.2, -0.15) is 4.68 Å². The SMILES string of the molecule is COCCOc1ccc(CN2CCCC(c3nn(-c4cccc5cnccc45)c(=O)[nH]3)C2)cc1. The number of benzene rings is 2. The minimum Gasteiger partial charge on any atom is -0.491 e. The Morgan fingerprint density at radius 2 is 2.00 bits per heavy atom. The molecule has 1 N–H and O–H groups in total. The number of ether oxygens (including phenoxy) is 2. The highest BCUT2D eigenvalue weighted by atomic mass is 16.5. The highest BCUT2D eigenvalue weighted by molar-refractivity contribution is 5.89. The molecule has 8 heteroatoms. The summed E-state index contributed by atoms with van der Waals surface area (Å²) in [6, 6.07) is 16.0. The van der Waals surface area contributed by atoms with Gasteiger partial charge in [-0.3, -0.25) is 14.9 Å². The Morgan fingerprint density at radius 1 is 1.12 bits per heavy atom. The Hall–Kier alpha value is -3.49. The molecule has 0 bridgehead atoms. The maximum atomic E-state index is 12.8. The fourth-order valence-electron chi connectivity index (χ4n) is 4.59. The van der Waals surface area contributed by atoms with Crippen LogP contribution in [-0.2, 0) is 11.3 Å². The maximum Gasteiger partial charge on any atom is 0.348 e. The van der Waals surface area contributed by atoms with E-state index in [2.05, 4.69) is 27.0 Å². The number of pyridine rings is 1. The average molecular weight is 460 g/mol. The number of fused-ring (bicyclic) bond motifs is 1. The van der Waals surface area contributed by atoms with E-state index in [1.807, 2.05) is 36.4 Å². The number of nitrogens with zero attached hydrogens (tertiary/aromatic N) is 4. The number of methoxy groups -OCH3 is 1. The van der Waals surface area contributed by atoms with Gasteiger partial charge in [0.1, 0.15) is 18.2 Å². The van der Waals surface area contributed by atoms with Crippen LogP contribution in [0.5, 0.6) is 5.75 Å². The quantitative estimate of drug-likeness (QED) is 0.406. The van der Waals surface area contributed by atoms with E-state index < -0.39 is 0 Å². The number of rotatable bonds is 8. The monoisotopic (exact) mass is 459 g/mol. The van der Waals surface area contributed by atoms with Crippen LogP contribution < -0.4 is 10.4 Å². The van der Waals surface area contributed by atoms with Crippen molar-refractivity contribution in [1.29, 1.82) is 0 Å². The third kappa shape index (κ3) is 4.88. The smallest absolute Gasteiger partial charge is 0.348 e. The lowest BCUT2D eigenvalue weighted by molar-refractivity contribution is 0.146. The van der Waals surface area contributed by atoms with Crippen LogP contribution in [0.4, 0.5) is 0 Å². The van der Waals surface area contributed by atoms with E-state index in [0.717, 1.165) is 60.5 Å². The van der Waals surface area contributed by atoms with Gasteiger partial charge in [-0.1, -0.05) is 24.3 Å². The van der Waals surface area contributed by atoms with Crippen molar-refractivity contribution in [2.75, 3.05) is 33.4 Å². The lowest BCUT2D eigenvalue weighted by Crippen LogP contribution is -2.34. The Kier molecular flexibility index (Phi) is 6.69. The number of aromatic amines is 1. The van der Waals surface area contributed by atoms with Crippen LogP contribution in [0.2, 0.25) is 0 Å². The van der Waals surface area contributed by atoms with Gasteiger partial charge >= 0.3 is 5.69 Å². The Morgan fingerprint density at radius 3 is 2.85 bits per heavy atom.